The maximum Gasteiger partial charge on any atom is 0.299 e. The van der Waals surface area contributed by atoms with Gasteiger partial charge in [0.15, 0.2) is 0 Å². The van der Waals surface area contributed by atoms with E-state index in [0.29, 0.717) is 5.56 Å². The van der Waals surface area contributed by atoms with Gasteiger partial charge in [0, 0.05) is 6.07 Å². The SMILES string of the molecule is C[14c]1[14cH][14cH][14c](Cl)[14c](NS(=O)(=O)c2nc3nc(Cl)cc(Cl)n3n2)[14c]1Cl. The third kappa shape index (κ3) is 3.12. The van der Waals surface area contributed by atoms with E-state index in [0.717, 1.165) is 4.52 Å². The van der Waals surface area contributed by atoms with Gasteiger partial charge in [-0.15, -0.1) is 5.10 Å². The molecule has 1 aromatic carbocycles. The zero-order valence-electron chi connectivity index (χ0n) is 11.8. The fourth-order valence-corrected chi connectivity index (χ4v) is 3.82. The Balaban J connectivity index is 2.09. The molecule has 0 radical (unpaired) electrons. The van der Waals surface area contributed by atoms with E-state index in [1.807, 2.05) is 0 Å². The van der Waals surface area contributed by atoms with Crippen molar-refractivity contribution in [3.63, 3.8) is 0 Å². The summed E-state index contributed by atoms with van der Waals surface area (Å²) in [6.45, 7) is 1.71. The Morgan fingerprint density at radius 3 is 2.67 bits per heavy atom. The van der Waals surface area contributed by atoms with Crippen LogP contribution < -0.4 is 4.72 Å². The van der Waals surface area contributed by atoms with Gasteiger partial charge in [0.2, 0.25) is 0 Å². The molecule has 2 heterocycles. The number of rotatable bonds is 3. The van der Waals surface area contributed by atoms with E-state index >= 15 is 0 Å². The van der Waals surface area contributed by atoms with E-state index in [1.54, 1.807) is 13.0 Å². The first kappa shape index (κ1) is 17.5. The maximum atomic E-state index is 12.5. The first-order chi connectivity index (χ1) is 11.2. The molecule has 0 saturated heterocycles. The topological polar surface area (TPSA) is 89.2 Å². The van der Waals surface area contributed by atoms with E-state index in [4.69, 9.17) is 46.4 Å². The van der Waals surface area contributed by atoms with Crippen molar-refractivity contribution in [3.05, 3.63) is 44.1 Å². The van der Waals surface area contributed by atoms with Crippen molar-refractivity contribution < 1.29 is 8.42 Å². The normalized spacial score (nSPS) is 11.9. The van der Waals surface area contributed by atoms with Crippen LogP contribution in [0.25, 0.3) is 5.78 Å². The Bertz CT molecular complexity index is 1070. The van der Waals surface area contributed by atoms with Crippen LogP contribution in [0.3, 0.4) is 0 Å². The summed E-state index contributed by atoms with van der Waals surface area (Å²) in [4.78, 5) is 7.67. The Morgan fingerprint density at radius 1 is 1.25 bits per heavy atom. The summed E-state index contributed by atoms with van der Waals surface area (Å²) >= 11 is 23.8. The van der Waals surface area contributed by atoms with Gasteiger partial charge in [0.05, 0.1) is 15.7 Å². The predicted molar refractivity (Wildman–Crippen MR) is 92.8 cm³/mol. The minimum atomic E-state index is -4.17. The highest BCUT2D eigenvalue weighted by Crippen LogP contribution is 2.34. The van der Waals surface area contributed by atoms with E-state index in [2.05, 4.69) is 19.8 Å². The number of hydrogen-bond acceptors (Lipinski definition) is 5. The van der Waals surface area contributed by atoms with Crippen LogP contribution in [-0.4, -0.2) is 28.0 Å². The van der Waals surface area contributed by atoms with E-state index in [1.165, 1.54) is 12.1 Å². The highest BCUT2D eigenvalue weighted by atomic mass is 35.5. The number of aromatic nitrogens is 4. The average Bonchev–Trinajstić information content (AvgIpc) is 2.93. The van der Waals surface area contributed by atoms with Crippen LogP contribution in [0.15, 0.2) is 23.4 Å². The fourth-order valence-electron chi connectivity index (χ4n) is 1.83. The van der Waals surface area contributed by atoms with Crippen LogP contribution in [0.2, 0.25) is 20.4 Å². The molecule has 12 heteroatoms. The number of hydrogen-bond donors (Lipinski definition) is 1. The van der Waals surface area contributed by atoms with E-state index in [9.17, 15) is 8.42 Å². The zero-order chi connectivity index (χ0) is 17.6. The molecule has 0 aliphatic rings. The highest BCUT2D eigenvalue weighted by Gasteiger charge is 2.24. The number of nitrogens with zero attached hydrogens (tertiary/aromatic N) is 4. The second kappa shape index (κ2) is 6.20. The van der Waals surface area contributed by atoms with Crippen molar-refractivity contribution in [3.8, 4) is 0 Å². The average molecular weight is 439 g/mol. The fraction of sp³-hybridized carbons (Fsp3) is 0.0833. The number of fused-ring (bicyclic) bond motifs is 1. The van der Waals surface area contributed by atoms with Crippen molar-refractivity contribution >= 4 is 67.9 Å². The van der Waals surface area contributed by atoms with Crippen molar-refractivity contribution in [1.82, 2.24) is 19.6 Å². The molecule has 1 N–H and O–H groups in total. The third-order valence-electron chi connectivity index (χ3n) is 2.98. The van der Waals surface area contributed by atoms with Crippen molar-refractivity contribution in [1.29, 1.82) is 0 Å². The molecule has 0 bridgehead atoms. The molecule has 0 spiro atoms. The Kier molecular flexibility index (Phi) is 4.52. The molecule has 0 atom stereocenters. The molecule has 2 aromatic heterocycles. The molecule has 24 heavy (non-hydrogen) atoms. The summed E-state index contributed by atoms with van der Waals surface area (Å²) in [5.74, 6) is -0.0608. The molecule has 0 aliphatic carbocycles. The molecule has 0 unspecified atom stereocenters. The number of benzene rings is 1. The first-order valence-electron chi connectivity index (χ1n) is 6.25. The largest absolute Gasteiger partial charge is 0.299 e. The summed E-state index contributed by atoms with van der Waals surface area (Å²) in [5.41, 5.74) is 0.687. The molecule has 0 amide bonds. The molecule has 0 aliphatic heterocycles. The third-order valence-corrected chi connectivity index (χ3v) is 5.37. The van der Waals surface area contributed by atoms with Crippen LogP contribution in [0.4, 0.5) is 5.69 Å². The standard InChI is InChI=1S/C12H7Cl4N5O2S/c1-5-2-3-6(13)10(9(5)16)20-24(22,23)12-18-11-17-7(14)4-8(15)21(11)19-12/h2-4,20H,1H3/i2+2,3+2,5+2,6+2,9+2,10+2. The van der Waals surface area contributed by atoms with Gasteiger partial charge in [-0.1, -0.05) is 52.5 Å². The van der Waals surface area contributed by atoms with Gasteiger partial charge in [0.25, 0.3) is 21.0 Å². The number of halogens is 4. The van der Waals surface area contributed by atoms with Gasteiger partial charge < -0.3 is 0 Å². The molecular formula is C12H7Cl4N5O2S. The molecule has 0 saturated carbocycles. The number of anilines is 1. The number of sulfonamides is 1. The van der Waals surface area contributed by atoms with E-state index in [-0.39, 0.29) is 31.8 Å². The Morgan fingerprint density at radius 2 is 1.96 bits per heavy atom. The lowest BCUT2D eigenvalue weighted by molar-refractivity contribution is 0.592. The van der Waals surface area contributed by atoms with Crippen molar-refractivity contribution in [2.24, 2.45) is 0 Å². The van der Waals surface area contributed by atoms with Crippen LogP contribution in [-0.2, 0) is 10.0 Å². The van der Waals surface area contributed by atoms with Gasteiger partial charge in [-0.3, -0.25) is 4.72 Å². The first-order valence-corrected chi connectivity index (χ1v) is 9.25. The quantitative estimate of drug-likeness (QED) is 0.627. The Hall–Kier alpha value is -1.32. The minimum absolute atomic E-state index is 0.0364. The summed E-state index contributed by atoms with van der Waals surface area (Å²) in [7, 11) is -4.17. The van der Waals surface area contributed by atoms with Gasteiger partial charge in [-0.05, 0) is 18.6 Å². The van der Waals surface area contributed by atoms with Crippen LogP contribution in [0.1, 0.15) is 5.56 Å². The minimum Gasteiger partial charge on any atom is -0.274 e. The van der Waals surface area contributed by atoms with E-state index < -0.39 is 15.2 Å². The van der Waals surface area contributed by atoms with Gasteiger partial charge >= 0.3 is 0 Å². The molecule has 0 fully saturated rings. The molecular weight excluding hydrogens is 432 g/mol. The van der Waals surface area contributed by atoms with Gasteiger partial charge in [-0.2, -0.15) is 22.9 Å². The smallest absolute Gasteiger partial charge is 0.274 e. The molecule has 3 aromatic rings. The second-order valence-corrected chi connectivity index (χ2v) is 7.80. The van der Waals surface area contributed by atoms with Gasteiger partial charge in [-0.25, -0.2) is 0 Å². The zero-order valence-corrected chi connectivity index (χ0v) is 15.6. The monoisotopic (exact) mass is 437 g/mol. The second-order valence-electron chi connectivity index (χ2n) is 4.67. The maximum absolute atomic E-state index is 12.5. The van der Waals surface area contributed by atoms with Crippen LogP contribution in [0, 0.1) is 6.92 Å². The predicted octanol–water partition coefficient (Wildman–Crippen LogP) is 3.85. The lowest BCUT2D eigenvalue weighted by Crippen LogP contribution is -2.15. The summed E-state index contributed by atoms with van der Waals surface area (Å²) in [6.07, 6.45) is 0. The van der Waals surface area contributed by atoms with Crippen molar-refractivity contribution in [2.45, 2.75) is 12.1 Å². The Labute approximate surface area is 156 Å². The lowest BCUT2D eigenvalue weighted by Gasteiger charge is -2.10. The van der Waals surface area contributed by atoms with Crippen LogP contribution >= 0.6 is 46.4 Å². The summed E-state index contributed by atoms with van der Waals surface area (Å²) in [6, 6.07) is 4.50. The summed E-state index contributed by atoms with van der Waals surface area (Å²) < 4.78 is 28.3. The summed E-state index contributed by atoms with van der Waals surface area (Å²) in [5, 5.41) is 3.70. The lowest BCUT2D eigenvalue weighted by atomic mass is 10.7. The van der Waals surface area contributed by atoms with Gasteiger partial charge in [0.1, 0.15) is 10.3 Å². The molecule has 7 nitrogen and oxygen atoms in total. The van der Waals surface area contributed by atoms with Crippen LogP contribution in [0.5, 0.6) is 0 Å². The number of nitrogens with one attached hydrogen (secondary N) is 1. The molecule has 126 valence electrons. The number of aryl methyl sites for hydroxylation is 1. The molecule has 3 rings (SSSR count). The van der Waals surface area contributed by atoms with Crippen molar-refractivity contribution in [2.75, 3.05) is 4.72 Å². The highest BCUT2D eigenvalue weighted by molar-refractivity contribution is 7.92.